The number of hydrogen-bond donors (Lipinski definition) is 1. The Morgan fingerprint density at radius 1 is 1.21 bits per heavy atom. The van der Waals surface area contributed by atoms with E-state index in [9.17, 15) is 4.79 Å². The number of aryl methyl sites for hydroxylation is 2. The van der Waals surface area contributed by atoms with Gasteiger partial charge in [-0.2, -0.15) is 0 Å². The molecule has 0 aliphatic carbocycles. The molecule has 1 N–H and O–H groups in total. The number of benzene rings is 1. The zero-order valence-corrected chi connectivity index (χ0v) is 11.2. The van der Waals surface area contributed by atoms with Crippen LogP contribution in [-0.2, 0) is 0 Å². The van der Waals surface area contributed by atoms with Crippen molar-refractivity contribution < 1.29 is 9.53 Å². The van der Waals surface area contributed by atoms with Crippen LogP contribution in [0.5, 0.6) is 5.75 Å². The van der Waals surface area contributed by atoms with Gasteiger partial charge in [-0.15, -0.1) is 0 Å². The van der Waals surface area contributed by atoms with Gasteiger partial charge in [0.2, 0.25) is 0 Å². The average molecular weight is 256 g/mol. The summed E-state index contributed by atoms with van der Waals surface area (Å²) in [6.07, 6.45) is 0. The van der Waals surface area contributed by atoms with Gasteiger partial charge in [0.05, 0.1) is 12.8 Å². The zero-order valence-electron chi connectivity index (χ0n) is 11.2. The van der Waals surface area contributed by atoms with E-state index in [1.54, 1.807) is 20.1 Å². The largest absolute Gasteiger partial charge is 0.496 e. The van der Waals surface area contributed by atoms with Crippen LogP contribution in [0.25, 0.3) is 0 Å². The van der Waals surface area contributed by atoms with Crippen LogP contribution in [0.3, 0.4) is 0 Å². The van der Waals surface area contributed by atoms with Crippen molar-refractivity contribution in [2.75, 3.05) is 12.4 Å². The molecule has 0 aliphatic heterocycles. The Labute approximate surface area is 112 Å². The Morgan fingerprint density at radius 2 is 1.89 bits per heavy atom. The van der Waals surface area contributed by atoms with Gasteiger partial charge in [0.15, 0.2) is 0 Å². The maximum absolute atomic E-state index is 12.3. The van der Waals surface area contributed by atoms with E-state index in [-0.39, 0.29) is 5.91 Å². The van der Waals surface area contributed by atoms with Gasteiger partial charge in [0, 0.05) is 17.4 Å². The summed E-state index contributed by atoms with van der Waals surface area (Å²) in [4.78, 5) is 16.6. The molecule has 0 spiro atoms. The van der Waals surface area contributed by atoms with Crippen LogP contribution in [0.4, 0.5) is 5.69 Å². The van der Waals surface area contributed by atoms with Gasteiger partial charge in [0.1, 0.15) is 11.3 Å². The fraction of sp³-hybridized carbons (Fsp3) is 0.200. The van der Waals surface area contributed by atoms with Crippen LogP contribution in [0, 0.1) is 13.8 Å². The van der Waals surface area contributed by atoms with Crippen LogP contribution in [-0.4, -0.2) is 18.0 Å². The minimum atomic E-state index is -0.215. The number of rotatable bonds is 3. The highest BCUT2D eigenvalue weighted by Gasteiger charge is 2.17. The highest BCUT2D eigenvalue weighted by Crippen LogP contribution is 2.23. The number of ether oxygens (including phenoxy) is 1. The highest BCUT2D eigenvalue weighted by molar-refractivity contribution is 6.06. The lowest BCUT2D eigenvalue weighted by Crippen LogP contribution is -2.15. The molecule has 0 saturated heterocycles. The molecule has 0 saturated carbocycles. The fourth-order valence-electron chi connectivity index (χ4n) is 1.95. The van der Waals surface area contributed by atoms with Gasteiger partial charge in [-0.25, -0.2) is 0 Å². The predicted octanol–water partition coefficient (Wildman–Crippen LogP) is 2.96. The Hall–Kier alpha value is -2.36. The van der Waals surface area contributed by atoms with Gasteiger partial charge in [-0.3, -0.25) is 9.78 Å². The molecule has 4 heteroatoms. The van der Waals surface area contributed by atoms with Crippen LogP contribution >= 0.6 is 0 Å². The number of nitrogens with zero attached hydrogens (tertiary/aromatic N) is 1. The number of aromatic nitrogens is 1. The van der Waals surface area contributed by atoms with E-state index >= 15 is 0 Å². The van der Waals surface area contributed by atoms with Gasteiger partial charge in [-0.1, -0.05) is 18.2 Å². The Kier molecular flexibility index (Phi) is 3.80. The fourth-order valence-corrected chi connectivity index (χ4v) is 1.95. The summed E-state index contributed by atoms with van der Waals surface area (Å²) in [7, 11) is 1.55. The summed E-state index contributed by atoms with van der Waals surface area (Å²) < 4.78 is 5.26. The zero-order chi connectivity index (χ0) is 13.8. The first kappa shape index (κ1) is 13.1. The second-order valence-corrected chi connectivity index (χ2v) is 4.25. The lowest BCUT2D eigenvalue weighted by Gasteiger charge is -2.12. The topological polar surface area (TPSA) is 51.2 Å². The smallest absolute Gasteiger partial charge is 0.261 e. The molecule has 0 aliphatic rings. The Bertz CT molecular complexity index is 595. The first-order valence-electron chi connectivity index (χ1n) is 6.00. The number of anilines is 1. The van der Waals surface area contributed by atoms with Crippen LogP contribution in [0.2, 0.25) is 0 Å². The number of nitrogens with one attached hydrogen (secondary N) is 1. The van der Waals surface area contributed by atoms with Crippen LogP contribution in [0.15, 0.2) is 36.4 Å². The van der Waals surface area contributed by atoms with Crippen molar-refractivity contribution in [2.45, 2.75) is 13.8 Å². The molecule has 19 heavy (non-hydrogen) atoms. The second-order valence-electron chi connectivity index (χ2n) is 4.25. The number of hydrogen-bond acceptors (Lipinski definition) is 3. The first-order chi connectivity index (χ1) is 9.11. The highest BCUT2D eigenvalue weighted by atomic mass is 16.5. The van der Waals surface area contributed by atoms with E-state index < -0.39 is 0 Å². The molecule has 2 rings (SSSR count). The lowest BCUT2D eigenvalue weighted by molar-refractivity contribution is 0.102. The van der Waals surface area contributed by atoms with Crippen molar-refractivity contribution in [2.24, 2.45) is 0 Å². The maximum atomic E-state index is 12.3. The number of pyridine rings is 1. The van der Waals surface area contributed by atoms with Crippen molar-refractivity contribution in [3.05, 3.63) is 53.3 Å². The monoisotopic (exact) mass is 256 g/mol. The summed E-state index contributed by atoms with van der Waals surface area (Å²) in [6.45, 7) is 3.67. The minimum Gasteiger partial charge on any atom is -0.496 e. The summed E-state index contributed by atoms with van der Waals surface area (Å²) in [5.74, 6) is 0.325. The molecule has 1 aromatic heterocycles. The van der Waals surface area contributed by atoms with E-state index in [0.29, 0.717) is 17.0 Å². The molecule has 1 amide bonds. The van der Waals surface area contributed by atoms with Gasteiger partial charge >= 0.3 is 0 Å². The molecule has 2 aromatic rings. The summed E-state index contributed by atoms with van der Waals surface area (Å²) in [5.41, 5.74) is 2.70. The molecule has 0 fully saturated rings. The quantitative estimate of drug-likeness (QED) is 0.918. The molecular weight excluding hydrogens is 240 g/mol. The second kappa shape index (κ2) is 5.52. The van der Waals surface area contributed by atoms with Gasteiger partial charge in [0.25, 0.3) is 5.91 Å². The van der Waals surface area contributed by atoms with E-state index in [2.05, 4.69) is 10.3 Å². The van der Waals surface area contributed by atoms with Crippen molar-refractivity contribution in [1.29, 1.82) is 0 Å². The van der Waals surface area contributed by atoms with E-state index in [1.165, 1.54) is 0 Å². The predicted molar refractivity (Wildman–Crippen MR) is 74.7 cm³/mol. The number of carbonyl (C=O) groups excluding carboxylic acids is 1. The number of amides is 1. The molecule has 0 unspecified atom stereocenters. The molecule has 0 bridgehead atoms. The summed E-state index contributed by atoms with van der Waals surface area (Å²) in [5, 5.41) is 2.83. The summed E-state index contributed by atoms with van der Waals surface area (Å²) in [6, 6.07) is 11.1. The van der Waals surface area contributed by atoms with E-state index in [4.69, 9.17) is 4.74 Å². The standard InChI is InChI=1S/C15H16N2O2/c1-10-9-13(19-3)14(11(2)16-10)15(18)17-12-7-5-4-6-8-12/h4-9H,1-3H3,(H,17,18). The molecular formula is C15H16N2O2. The van der Waals surface area contributed by atoms with Crippen molar-refractivity contribution in [1.82, 2.24) is 4.98 Å². The van der Waals surface area contributed by atoms with Crippen molar-refractivity contribution >= 4 is 11.6 Å². The average Bonchev–Trinajstić information content (AvgIpc) is 2.38. The third kappa shape index (κ3) is 2.91. The summed E-state index contributed by atoms with van der Waals surface area (Å²) >= 11 is 0. The molecule has 98 valence electrons. The van der Waals surface area contributed by atoms with Crippen LogP contribution in [0.1, 0.15) is 21.7 Å². The van der Waals surface area contributed by atoms with E-state index in [0.717, 1.165) is 11.4 Å². The van der Waals surface area contributed by atoms with Gasteiger partial charge in [-0.05, 0) is 26.0 Å². The molecule has 0 radical (unpaired) electrons. The number of carbonyl (C=O) groups is 1. The number of methoxy groups -OCH3 is 1. The normalized spacial score (nSPS) is 10.1. The SMILES string of the molecule is COc1cc(C)nc(C)c1C(=O)Nc1ccccc1. The molecule has 0 atom stereocenters. The lowest BCUT2D eigenvalue weighted by atomic mass is 10.1. The van der Waals surface area contributed by atoms with Crippen molar-refractivity contribution in [3.63, 3.8) is 0 Å². The molecule has 1 heterocycles. The van der Waals surface area contributed by atoms with E-state index in [1.807, 2.05) is 37.3 Å². The minimum absolute atomic E-state index is 0.215. The third-order valence-electron chi connectivity index (χ3n) is 2.77. The third-order valence-corrected chi connectivity index (χ3v) is 2.77. The molecule has 1 aromatic carbocycles. The Morgan fingerprint density at radius 3 is 2.53 bits per heavy atom. The van der Waals surface area contributed by atoms with Gasteiger partial charge < -0.3 is 10.1 Å². The first-order valence-corrected chi connectivity index (χ1v) is 6.00. The van der Waals surface area contributed by atoms with Crippen LogP contribution < -0.4 is 10.1 Å². The molecule has 4 nitrogen and oxygen atoms in total. The van der Waals surface area contributed by atoms with Crippen molar-refractivity contribution in [3.8, 4) is 5.75 Å². The Balaban J connectivity index is 2.34. The number of para-hydroxylation sites is 1. The maximum Gasteiger partial charge on any atom is 0.261 e.